The smallest absolute Gasteiger partial charge is 0.240 e. The molecule has 1 unspecified atom stereocenters. The molecule has 6 heteroatoms. The van der Waals surface area contributed by atoms with E-state index in [1.54, 1.807) is 24.3 Å². The zero-order valence-electron chi connectivity index (χ0n) is 8.52. The second-order valence-electron chi connectivity index (χ2n) is 3.64. The molecule has 2 rings (SSSR count). The van der Waals surface area contributed by atoms with Crippen molar-refractivity contribution < 1.29 is 13.2 Å². The molecule has 0 bridgehead atoms. The van der Waals surface area contributed by atoms with Gasteiger partial charge in [-0.1, -0.05) is 15.9 Å². The lowest BCUT2D eigenvalue weighted by atomic mass is 10.3. The van der Waals surface area contributed by atoms with Gasteiger partial charge in [0, 0.05) is 17.1 Å². The first-order chi connectivity index (χ1) is 7.58. The third-order valence-electron chi connectivity index (χ3n) is 2.38. The standard InChI is InChI=1S/C10H12BrNO3S/c11-8-1-3-10(4-2-8)16(13,14)12-9-5-6-15-7-9/h1-4,9,12H,5-7H2. The van der Waals surface area contributed by atoms with Crippen molar-refractivity contribution >= 4 is 26.0 Å². The van der Waals surface area contributed by atoms with Crippen molar-refractivity contribution in [3.8, 4) is 0 Å². The summed E-state index contributed by atoms with van der Waals surface area (Å²) in [5, 5.41) is 0. The Kier molecular flexibility index (Phi) is 3.63. The van der Waals surface area contributed by atoms with E-state index in [4.69, 9.17) is 4.74 Å². The van der Waals surface area contributed by atoms with Gasteiger partial charge in [0.05, 0.1) is 11.5 Å². The van der Waals surface area contributed by atoms with Gasteiger partial charge in [0.2, 0.25) is 10.0 Å². The molecule has 0 amide bonds. The van der Waals surface area contributed by atoms with Gasteiger partial charge < -0.3 is 4.74 Å². The second kappa shape index (κ2) is 4.83. The molecule has 4 nitrogen and oxygen atoms in total. The predicted octanol–water partition coefficient (Wildman–Crippen LogP) is 1.52. The normalized spacial score (nSPS) is 21.2. The minimum absolute atomic E-state index is 0.103. The van der Waals surface area contributed by atoms with E-state index < -0.39 is 10.0 Å². The van der Waals surface area contributed by atoms with Crippen LogP contribution in [-0.4, -0.2) is 27.7 Å². The van der Waals surface area contributed by atoms with Crippen molar-refractivity contribution in [1.29, 1.82) is 0 Å². The van der Waals surface area contributed by atoms with Gasteiger partial charge in [0.15, 0.2) is 0 Å². The third-order valence-corrected chi connectivity index (χ3v) is 4.44. The highest BCUT2D eigenvalue weighted by molar-refractivity contribution is 9.10. The van der Waals surface area contributed by atoms with Crippen molar-refractivity contribution in [2.75, 3.05) is 13.2 Å². The van der Waals surface area contributed by atoms with Crippen LogP contribution >= 0.6 is 15.9 Å². The average molecular weight is 306 g/mol. The van der Waals surface area contributed by atoms with Crippen molar-refractivity contribution in [2.45, 2.75) is 17.4 Å². The first kappa shape index (κ1) is 12.0. The SMILES string of the molecule is O=S(=O)(NC1CCOC1)c1ccc(Br)cc1. The zero-order valence-corrected chi connectivity index (χ0v) is 10.9. The summed E-state index contributed by atoms with van der Waals surface area (Å²) in [6.07, 6.45) is 0.732. The third kappa shape index (κ3) is 2.82. The Morgan fingerprint density at radius 1 is 1.31 bits per heavy atom. The fraction of sp³-hybridized carbons (Fsp3) is 0.400. The topological polar surface area (TPSA) is 55.4 Å². The first-order valence-electron chi connectivity index (χ1n) is 4.93. The quantitative estimate of drug-likeness (QED) is 0.921. The first-order valence-corrected chi connectivity index (χ1v) is 7.21. The van der Waals surface area contributed by atoms with E-state index in [9.17, 15) is 8.42 Å². The van der Waals surface area contributed by atoms with Gasteiger partial charge in [-0.05, 0) is 30.7 Å². The molecule has 1 aromatic rings. The lowest BCUT2D eigenvalue weighted by molar-refractivity contribution is 0.192. The van der Waals surface area contributed by atoms with Gasteiger partial charge in [-0.2, -0.15) is 0 Å². The Balaban J connectivity index is 2.14. The van der Waals surface area contributed by atoms with Crippen molar-refractivity contribution in [1.82, 2.24) is 4.72 Å². The maximum atomic E-state index is 11.9. The monoisotopic (exact) mass is 305 g/mol. The summed E-state index contributed by atoms with van der Waals surface area (Å²) in [7, 11) is -3.41. The maximum absolute atomic E-state index is 11.9. The van der Waals surface area contributed by atoms with Crippen LogP contribution in [0.15, 0.2) is 33.6 Å². The van der Waals surface area contributed by atoms with E-state index in [-0.39, 0.29) is 10.9 Å². The molecule has 1 aliphatic heterocycles. The van der Waals surface area contributed by atoms with Crippen LogP contribution < -0.4 is 4.72 Å². The average Bonchev–Trinajstić information content (AvgIpc) is 2.70. The molecule has 88 valence electrons. The van der Waals surface area contributed by atoms with Crippen molar-refractivity contribution in [3.63, 3.8) is 0 Å². The highest BCUT2D eigenvalue weighted by atomic mass is 79.9. The van der Waals surface area contributed by atoms with Crippen LogP contribution in [0, 0.1) is 0 Å². The fourth-order valence-corrected chi connectivity index (χ4v) is 3.05. The second-order valence-corrected chi connectivity index (χ2v) is 6.27. The number of sulfonamides is 1. The number of nitrogens with one attached hydrogen (secondary N) is 1. The van der Waals surface area contributed by atoms with E-state index in [1.165, 1.54) is 0 Å². The summed E-state index contributed by atoms with van der Waals surface area (Å²) < 4.78 is 32.4. The molecule has 1 aromatic carbocycles. The molecule has 1 atom stereocenters. The highest BCUT2D eigenvalue weighted by Gasteiger charge is 2.23. The van der Waals surface area contributed by atoms with Crippen LogP contribution in [0.3, 0.4) is 0 Å². The molecule has 1 heterocycles. The zero-order chi connectivity index (χ0) is 11.6. The number of hydrogen-bond acceptors (Lipinski definition) is 3. The molecule has 1 fully saturated rings. The van der Waals surface area contributed by atoms with E-state index >= 15 is 0 Å². The minimum atomic E-state index is -3.41. The lowest BCUT2D eigenvalue weighted by Gasteiger charge is -2.11. The van der Waals surface area contributed by atoms with Crippen LogP contribution in [0.5, 0.6) is 0 Å². The highest BCUT2D eigenvalue weighted by Crippen LogP contribution is 2.16. The number of halogens is 1. The minimum Gasteiger partial charge on any atom is -0.380 e. The summed E-state index contributed by atoms with van der Waals surface area (Å²) in [4.78, 5) is 0.280. The molecule has 1 saturated heterocycles. The van der Waals surface area contributed by atoms with E-state index in [0.717, 1.165) is 10.9 Å². The van der Waals surface area contributed by atoms with Gasteiger partial charge in [-0.15, -0.1) is 0 Å². The van der Waals surface area contributed by atoms with Gasteiger partial charge in [0.25, 0.3) is 0 Å². The summed E-state index contributed by atoms with van der Waals surface area (Å²) in [5.41, 5.74) is 0. The Morgan fingerprint density at radius 2 is 2.00 bits per heavy atom. The summed E-state index contributed by atoms with van der Waals surface area (Å²) in [6, 6.07) is 6.46. The fourth-order valence-electron chi connectivity index (χ4n) is 1.53. The largest absolute Gasteiger partial charge is 0.380 e. The van der Waals surface area contributed by atoms with Gasteiger partial charge in [-0.25, -0.2) is 13.1 Å². The molecular weight excluding hydrogens is 294 g/mol. The summed E-state index contributed by atoms with van der Waals surface area (Å²) >= 11 is 3.27. The van der Waals surface area contributed by atoms with Crippen molar-refractivity contribution in [2.24, 2.45) is 0 Å². The Morgan fingerprint density at radius 3 is 2.56 bits per heavy atom. The van der Waals surface area contributed by atoms with E-state index in [1.807, 2.05) is 0 Å². The molecule has 1 aliphatic rings. The van der Waals surface area contributed by atoms with Crippen LogP contribution in [-0.2, 0) is 14.8 Å². The molecule has 16 heavy (non-hydrogen) atoms. The van der Waals surface area contributed by atoms with Crippen LogP contribution in [0.1, 0.15) is 6.42 Å². The molecule has 0 aliphatic carbocycles. The Hall–Kier alpha value is -0.430. The van der Waals surface area contributed by atoms with E-state index in [2.05, 4.69) is 20.7 Å². The van der Waals surface area contributed by atoms with E-state index in [0.29, 0.717) is 13.2 Å². The Bertz CT molecular complexity index is 451. The summed E-state index contributed by atoms with van der Waals surface area (Å²) in [5.74, 6) is 0. The van der Waals surface area contributed by atoms with Gasteiger partial charge in [-0.3, -0.25) is 0 Å². The van der Waals surface area contributed by atoms with Crippen LogP contribution in [0.4, 0.5) is 0 Å². The number of ether oxygens (including phenoxy) is 1. The Labute approximate surface area is 103 Å². The number of benzene rings is 1. The molecule has 1 N–H and O–H groups in total. The van der Waals surface area contributed by atoms with Crippen molar-refractivity contribution in [3.05, 3.63) is 28.7 Å². The number of rotatable bonds is 3. The number of hydrogen-bond donors (Lipinski definition) is 1. The molecule has 0 spiro atoms. The molecule has 0 aromatic heterocycles. The summed E-state index contributed by atoms with van der Waals surface area (Å²) in [6.45, 7) is 1.07. The van der Waals surface area contributed by atoms with Crippen LogP contribution in [0.25, 0.3) is 0 Å². The lowest BCUT2D eigenvalue weighted by Crippen LogP contribution is -2.34. The maximum Gasteiger partial charge on any atom is 0.240 e. The van der Waals surface area contributed by atoms with Gasteiger partial charge >= 0.3 is 0 Å². The molecule has 0 saturated carbocycles. The van der Waals surface area contributed by atoms with Gasteiger partial charge in [0.1, 0.15) is 0 Å². The van der Waals surface area contributed by atoms with Crippen LogP contribution in [0.2, 0.25) is 0 Å². The molecular formula is C10H12BrNO3S. The molecule has 0 radical (unpaired) electrons. The predicted molar refractivity (Wildman–Crippen MR) is 63.7 cm³/mol.